The van der Waals surface area contributed by atoms with Crippen LogP contribution < -0.4 is 4.74 Å². The lowest BCUT2D eigenvalue weighted by atomic mass is 9.96. The second kappa shape index (κ2) is 5.53. The van der Waals surface area contributed by atoms with Crippen molar-refractivity contribution in [1.82, 2.24) is 0 Å². The van der Waals surface area contributed by atoms with Crippen molar-refractivity contribution >= 4 is 15.9 Å². The zero-order valence-corrected chi connectivity index (χ0v) is 11.8. The van der Waals surface area contributed by atoms with E-state index in [1.54, 1.807) is 0 Å². The smallest absolute Gasteiger partial charge is 0.134 e. The summed E-state index contributed by atoms with van der Waals surface area (Å²) >= 11 is 3.36. The van der Waals surface area contributed by atoms with Crippen molar-refractivity contribution < 1.29 is 18.3 Å². The molecule has 100 valence electrons. The molecular weight excluding hydrogens is 306 g/mol. The molecule has 1 aromatic carbocycles. The summed E-state index contributed by atoms with van der Waals surface area (Å²) in [4.78, 5) is -0.485. The van der Waals surface area contributed by atoms with E-state index < -0.39 is 16.5 Å². The van der Waals surface area contributed by atoms with Crippen molar-refractivity contribution in [2.45, 2.75) is 24.3 Å². The summed E-state index contributed by atoms with van der Waals surface area (Å²) in [6.45, 7) is 2.65. The van der Waals surface area contributed by atoms with E-state index in [1.165, 1.54) is 19.2 Å². The maximum atomic E-state index is 13.9. The van der Waals surface area contributed by atoms with Crippen LogP contribution in [0.5, 0.6) is 5.75 Å². The van der Waals surface area contributed by atoms with E-state index in [-0.39, 0.29) is 23.3 Å². The lowest BCUT2D eigenvalue weighted by molar-refractivity contribution is 0.0919. The zero-order valence-electron chi connectivity index (χ0n) is 10.3. The van der Waals surface area contributed by atoms with Gasteiger partial charge >= 0.3 is 0 Å². The number of benzene rings is 1. The molecule has 0 aliphatic carbocycles. The minimum absolute atomic E-state index is 0.00884. The SMILES string of the molecule is COc1cc(F)c(C(Br)C2OCCC2C)c(F)c1. The number of methoxy groups -OCH3 is 1. The molecule has 0 saturated carbocycles. The fourth-order valence-corrected chi connectivity index (χ4v) is 3.31. The lowest BCUT2D eigenvalue weighted by Gasteiger charge is -2.22. The second-order valence-corrected chi connectivity index (χ2v) is 5.49. The number of halogens is 3. The first kappa shape index (κ1) is 13.7. The molecule has 0 aromatic heterocycles. The summed E-state index contributed by atoms with van der Waals surface area (Å²) in [6.07, 6.45) is 0.703. The highest BCUT2D eigenvalue weighted by Gasteiger charge is 2.34. The van der Waals surface area contributed by atoms with Crippen molar-refractivity contribution in [3.05, 3.63) is 29.3 Å². The molecule has 0 radical (unpaired) electrons. The quantitative estimate of drug-likeness (QED) is 0.788. The van der Waals surface area contributed by atoms with Crippen LogP contribution in [0.4, 0.5) is 8.78 Å². The Balaban J connectivity index is 2.32. The third-order valence-corrected chi connectivity index (χ3v) is 4.28. The molecule has 2 nitrogen and oxygen atoms in total. The lowest BCUT2D eigenvalue weighted by Crippen LogP contribution is -2.21. The largest absolute Gasteiger partial charge is 0.497 e. The number of hydrogen-bond acceptors (Lipinski definition) is 2. The normalized spacial score (nSPS) is 25.2. The fourth-order valence-electron chi connectivity index (χ4n) is 2.20. The summed E-state index contributed by atoms with van der Waals surface area (Å²) in [5.74, 6) is -0.781. The molecule has 5 heteroatoms. The van der Waals surface area contributed by atoms with E-state index in [2.05, 4.69) is 15.9 Å². The predicted octanol–water partition coefficient (Wildman–Crippen LogP) is 3.83. The first-order valence-electron chi connectivity index (χ1n) is 5.83. The van der Waals surface area contributed by atoms with Gasteiger partial charge in [0.25, 0.3) is 0 Å². The van der Waals surface area contributed by atoms with Crippen molar-refractivity contribution in [3.8, 4) is 5.75 Å². The van der Waals surface area contributed by atoms with Gasteiger partial charge in [0.1, 0.15) is 17.4 Å². The van der Waals surface area contributed by atoms with Gasteiger partial charge < -0.3 is 9.47 Å². The highest BCUT2D eigenvalue weighted by molar-refractivity contribution is 9.09. The van der Waals surface area contributed by atoms with Crippen LogP contribution >= 0.6 is 15.9 Å². The molecule has 0 amide bonds. The van der Waals surface area contributed by atoms with Gasteiger partial charge in [-0.05, 0) is 12.3 Å². The maximum absolute atomic E-state index is 13.9. The van der Waals surface area contributed by atoms with Crippen LogP contribution in [0.25, 0.3) is 0 Å². The molecular formula is C13H15BrF2O2. The molecule has 18 heavy (non-hydrogen) atoms. The minimum atomic E-state index is -0.614. The van der Waals surface area contributed by atoms with Gasteiger partial charge in [0.05, 0.1) is 18.0 Å². The van der Waals surface area contributed by atoms with Crippen LogP contribution in [-0.2, 0) is 4.74 Å². The highest BCUT2D eigenvalue weighted by Crippen LogP contribution is 2.40. The summed E-state index contributed by atoms with van der Waals surface area (Å²) in [5.41, 5.74) is 0.00884. The molecule has 1 aliphatic heterocycles. The van der Waals surface area contributed by atoms with E-state index in [0.29, 0.717) is 6.61 Å². The number of alkyl halides is 1. The fraction of sp³-hybridized carbons (Fsp3) is 0.538. The van der Waals surface area contributed by atoms with Crippen LogP contribution in [0.1, 0.15) is 23.7 Å². The van der Waals surface area contributed by atoms with E-state index in [9.17, 15) is 8.78 Å². The number of hydrogen-bond donors (Lipinski definition) is 0. The molecule has 1 aromatic rings. The Morgan fingerprint density at radius 3 is 2.44 bits per heavy atom. The minimum Gasteiger partial charge on any atom is -0.497 e. The first-order valence-corrected chi connectivity index (χ1v) is 6.74. The van der Waals surface area contributed by atoms with Gasteiger partial charge in [-0.3, -0.25) is 0 Å². The Labute approximate surface area is 113 Å². The molecule has 1 aliphatic rings. The van der Waals surface area contributed by atoms with Crippen LogP contribution in [0.15, 0.2) is 12.1 Å². The van der Waals surface area contributed by atoms with Gasteiger partial charge in [-0.15, -0.1) is 0 Å². The van der Waals surface area contributed by atoms with Gasteiger partial charge in [0.15, 0.2) is 0 Å². The van der Waals surface area contributed by atoms with Crippen LogP contribution in [-0.4, -0.2) is 19.8 Å². The summed E-state index contributed by atoms with van der Waals surface area (Å²) in [5, 5.41) is 0. The number of rotatable bonds is 3. The van der Waals surface area contributed by atoms with E-state index in [1.807, 2.05) is 6.92 Å². The molecule has 2 rings (SSSR count). The summed E-state index contributed by atoms with van der Waals surface area (Å²) in [6, 6.07) is 2.37. The van der Waals surface area contributed by atoms with Gasteiger partial charge in [-0.1, -0.05) is 22.9 Å². The third kappa shape index (κ3) is 2.52. The molecule has 0 spiro atoms. The molecule has 0 bridgehead atoms. The zero-order chi connectivity index (χ0) is 13.3. The Kier molecular flexibility index (Phi) is 4.22. The molecule has 1 fully saturated rings. The maximum Gasteiger partial charge on any atom is 0.134 e. The van der Waals surface area contributed by atoms with Gasteiger partial charge in [0, 0.05) is 24.3 Å². The first-order chi connectivity index (χ1) is 8.54. The Bertz CT molecular complexity index is 416. The Hall–Kier alpha value is -0.680. The number of ether oxygens (including phenoxy) is 2. The van der Waals surface area contributed by atoms with Crippen LogP contribution in [0.2, 0.25) is 0 Å². The van der Waals surface area contributed by atoms with E-state index in [0.717, 1.165) is 6.42 Å². The monoisotopic (exact) mass is 320 g/mol. The highest BCUT2D eigenvalue weighted by atomic mass is 79.9. The Morgan fingerprint density at radius 1 is 1.39 bits per heavy atom. The molecule has 1 heterocycles. The molecule has 3 unspecified atom stereocenters. The van der Waals surface area contributed by atoms with Crippen molar-refractivity contribution in [2.75, 3.05) is 13.7 Å². The summed E-state index contributed by atoms with van der Waals surface area (Å²) in [7, 11) is 1.38. The average Bonchev–Trinajstić information content (AvgIpc) is 2.74. The molecule has 3 atom stereocenters. The van der Waals surface area contributed by atoms with Crippen molar-refractivity contribution in [3.63, 3.8) is 0 Å². The topological polar surface area (TPSA) is 18.5 Å². The van der Waals surface area contributed by atoms with Gasteiger partial charge in [-0.25, -0.2) is 8.78 Å². The van der Waals surface area contributed by atoms with E-state index in [4.69, 9.17) is 9.47 Å². The molecule has 1 saturated heterocycles. The van der Waals surface area contributed by atoms with Crippen molar-refractivity contribution in [1.29, 1.82) is 0 Å². The van der Waals surface area contributed by atoms with Crippen molar-refractivity contribution in [2.24, 2.45) is 5.92 Å². The molecule has 0 N–H and O–H groups in total. The summed E-state index contributed by atoms with van der Waals surface area (Å²) < 4.78 is 38.2. The van der Waals surface area contributed by atoms with Crippen LogP contribution in [0.3, 0.4) is 0 Å². The van der Waals surface area contributed by atoms with Crippen LogP contribution in [0, 0.1) is 17.6 Å². The average molecular weight is 321 g/mol. The predicted molar refractivity (Wildman–Crippen MR) is 68.1 cm³/mol. The van der Waals surface area contributed by atoms with E-state index >= 15 is 0 Å². The third-order valence-electron chi connectivity index (χ3n) is 3.30. The van der Waals surface area contributed by atoms with Gasteiger partial charge in [-0.2, -0.15) is 0 Å². The Morgan fingerprint density at radius 2 is 2.00 bits per heavy atom. The second-order valence-electron chi connectivity index (χ2n) is 4.51. The standard InChI is InChI=1S/C13H15BrF2O2/c1-7-3-4-18-13(7)12(14)11-9(15)5-8(17-2)6-10(11)16/h5-7,12-13H,3-4H2,1-2H3. The van der Waals surface area contributed by atoms with Gasteiger partial charge in [0.2, 0.25) is 0 Å².